The number of hydrogen-bond donors (Lipinski definition) is 0. The summed E-state index contributed by atoms with van der Waals surface area (Å²) in [5.41, 5.74) is 0.955. The van der Waals surface area contributed by atoms with Gasteiger partial charge in [0.1, 0.15) is 11.5 Å². The van der Waals surface area contributed by atoms with Crippen LogP contribution in [-0.2, 0) is 0 Å². The first-order valence-electron chi connectivity index (χ1n) is 8.25. The van der Waals surface area contributed by atoms with Crippen LogP contribution in [0.25, 0.3) is 6.08 Å². The minimum absolute atomic E-state index is 0.731. The first-order valence-corrected chi connectivity index (χ1v) is 19.0. The van der Waals surface area contributed by atoms with Gasteiger partial charge in [0.05, 0.1) is 10.2 Å². The second-order valence-corrected chi connectivity index (χ2v) is 22.6. The van der Waals surface area contributed by atoms with E-state index in [4.69, 9.17) is 13.3 Å². The number of benzene rings is 1. The van der Waals surface area contributed by atoms with Crippen LogP contribution in [-0.4, -0.2) is 35.2 Å². The van der Waals surface area contributed by atoms with Gasteiger partial charge in [-0.25, -0.2) is 0 Å². The van der Waals surface area contributed by atoms with Crippen molar-refractivity contribution in [1.29, 1.82) is 0 Å². The highest BCUT2D eigenvalue weighted by Gasteiger charge is 2.30. The summed E-state index contributed by atoms with van der Waals surface area (Å²) in [6.07, 6.45) is 1.81. The third-order valence-electron chi connectivity index (χ3n) is 2.68. The second kappa shape index (κ2) is 7.23. The van der Waals surface area contributed by atoms with E-state index in [0.717, 1.165) is 28.0 Å². The zero-order valence-corrected chi connectivity index (χ0v) is 20.6. The molecule has 0 fully saturated rings. The van der Waals surface area contributed by atoms with Crippen molar-refractivity contribution in [3.8, 4) is 17.2 Å². The molecule has 24 heavy (non-hydrogen) atoms. The smallest absolute Gasteiger partial charge is 0.242 e. The summed E-state index contributed by atoms with van der Waals surface area (Å²) in [5.74, 6) is 2.25. The predicted molar refractivity (Wildman–Crippen MR) is 114 cm³/mol. The van der Waals surface area contributed by atoms with Gasteiger partial charge in [-0.1, -0.05) is 12.7 Å². The van der Waals surface area contributed by atoms with Crippen molar-refractivity contribution in [3.63, 3.8) is 0 Å². The van der Waals surface area contributed by atoms with E-state index >= 15 is 0 Å². The first kappa shape index (κ1) is 21.3. The maximum Gasteiger partial charge on any atom is 0.242 e. The van der Waals surface area contributed by atoms with Gasteiger partial charge < -0.3 is 13.3 Å². The molecule has 3 radical (unpaired) electrons. The number of rotatable bonds is 7. The van der Waals surface area contributed by atoms with E-state index in [1.54, 1.807) is 0 Å². The molecule has 0 aromatic heterocycles. The van der Waals surface area contributed by atoms with Crippen LogP contribution in [0, 0.1) is 0 Å². The van der Waals surface area contributed by atoms with Gasteiger partial charge in [0.25, 0.3) is 0 Å². The summed E-state index contributed by atoms with van der Waals surface area (Å²) in [6, 6.07) is 2.00. The lowest BCUT2D eigenvalue weighted by atomic mass is 10.2. The van der Waals surface area contributed by atoms with E-state index in [0.29, 0.717) is 0 Å². The lowest BCUT2D eigenvalue weighted by Crippen LogP contribution is -2.36. The van der Waals surface area contributed by atoms with Crippen LogP contribution in [0.5, 0.6) is 17.2 Å². The largest absolute Gasteiger partial charge is 0.542 e. The van der Waals surface area contributed by atoms with Crippen molar-refractivity contribution in [2.45, 2.75) is 58.9 Å². The third-order valence-corrected chi connectivity index (χ3v) is 5.67. The van der Waals surface area contributed by atoms with Crippen LogP contribution in [0.2, 0.25) is 58.9 Å². The molecule has 1 aromatic rings. The topological polar surface area (TPSA) is 27.7 Å². The fourth-order valence-corrected chi connectivity index (χ4v) is 4.87. The molecule has 133 valence electrons. The molecule has 0 amide bonds. The quantitative estimate of drug-likeness (QED) is 0.623. The monoisotopic (exact) mass is 395 g/mol. The van der Waals surface area contributed by atoms with Crippen molar-refractivity contribution in [2.24, 2.45) is 0 Å². The zero-order chi connectivity index (χ0) is 18.9. The van der Waals surface area contributed by atoms with Gasteiger partial charge in [0.2, 0.25) is 25.0 Å². The molecule has 0 aliphatic rings. The molecule has 1 rings (SSSR count). The van der Waals surface area contributed by atoms with E-state index in [1.807, 2.05) is 12.1 Å². The van der Waals surface area contributed by atoms with Crippen molar-refractivity contribution in [3.05, 3.63) is 18.2 Å². The molecular weight excluding hydrogens is 365 g/mol. The average molecular weight is 396 g/mol. The first-order chi connectivity index (χ1) is 10.6. The van der Waals surface area contributed by atoms with Gasteiger partial charge in [0.15, 0.2) is 5.75 Å². The molecule has 3 nitrogen and oxygen atoms in total. The maximum absolute atomic E-state index is 6.40. The summed E-state index contributed by atoms with van der Waals surface area (Å²) in [7, 11) is -1.72. The highest BCUT2D eigenvalue weighted by molar-refractivity contribution is 6.72. The predicted octanol–water partition coefficient (Wildman–Crippen LogP) is 4.76. The van der Waals surface area contributed by atoms with E-state index < -0.39 is 25.0 Å². The summed E-state index contributed by atoms with van der Waals surface area (Å²) in [6.45, 7) is 23.4. The standard InChI is InChI=1S/C17H31O3Si4/c1-11-13-12-14(18-22(2,3)4)15(19-23(5,6)7)16(17(13)21)20-24(8,9)10/h11-12H,1H2,2-10H3. The van der Waals surface area contributed by atoms with Crippen LogP contribution >= 0.6 is 0 Å². The highest BCUT2D eigenvalue weighted by Crippen LogP contribution is 2.41. The molecule has 1 aromatic carbocycles. The van der Waals surface area contributed by atoms with E-state index in [9.17, 15) is 0 Å². The summed E-state index contributed by atoms with van der Waals surface area (Å²) < 4.78 is 19.1. The van der Waals surface area contributed by atoms with Gasteiger partial charge in [-0.3, -0.25) is 0 Å². The molecule has 0 aliphatic carbocycles. The van der Waals surface area contributed by atoms with Crippen molar-refractivity contribution >= 4 is 46.5 Å². The maximum atomic E-state index is 6.40. The molecular formula is C17H31O3Si4. The van der Waals surface area contributed by atoms with Gasteiger partial charge in [0, 0.05) is 0 Å². The van der Waals surface area contributed by atoms with E-state index in [1.165, 1.54) is 0 Å². The Bertz CT molecular complexity index is 608. The highest BCUT2D eigenvalue weighted by atomic mass is 28.4. The summed E-state index contributed by atoms with van der Waals surface area (Å²) in [4.78, 5) is 0. The molecule has 0 unspecified atom stereocenters. The molecule has 0 bridgehead atoms. The molecule has 0 aliphatic heterocycles. The molecule has 0 saturated heterocycles. The Labute approximate surface area is 154 Å². The Morgan fingerprint density at radius 1 is 0.792 bits per heavy atom. The van der Waals surface area contributed by atoms with E-state index in [2.05, 4.69) is 75.7 Å². The van der Waals surface area contributed by atoms with Crippen LogP contribution in [0.3, 0.4) is 0 Å². The lowest BCUT2D eigenvalue weighted by molar-refractivity contribution is 0.456. The molecule has 7 heteroatoms. The van der Waals surface area contributed by atoms with Crippen LogP contribution in [0.1, 0.15) is 5.56 Å². The Hall–Kier alpha value is -0.772. The Morgan fingerprint density at radius 3 is 1.58 bits per heavy atom. The lowest BCUT2D eigenvalue weighted by Gasteiger charge is -2.31. The Morgan fingerprint density at radius 2 is 1.21 bits per heavy atom. The molecule has 0 atom stereocenters. The number of hydrogen-bond acceptors (Lipinski definition) is 3. The van der Waals surface area contributed by atoms with Crippen molar-refractivity contribution in [1.82, 2.24) is 0 Å². The molecule has 0 spiro atoms. The fourth-order valence-electron chi connectivity index (χ4n) is 2.01. The third kappa shape index (κ3) is 6.62. The van der Waals surface area contributed by atoms with Gasteiger partial charge in [-0.15, -0.1) is 0 Å². The Kier molecular flexibility index (Phi) is 6.41. The van der Waals surface area contributed by atoms with E-state index in [-0.39, 0.29) is 0 Å². The second-order valence-electron chi connectivity index (χ2n) is 8.84. The van der Waals surface area contributed by atoms with Crippen LogP contribution < -0.4 is 18.5 Å². The zero-order valence-electron chi connectivity index (χ0n) is 16.6. The average Bonchev–Trinajstić information content (AvgIpc) is 2.32. The Balaban J connectivity index is 3.66. The van der Waals surface area contributed by atoms with Crippen molar-refractivity contribution < 1.29 is 13.3 Å². The summed E-state index contributed by atoms with van der Waals surface area (Å²) in [5, 5.41) is 0.878. The minimum Gasteiger partial charge on any atom is -0.542 e. The van der Waals surface area contributed by atoms with Gasteiger partial charge >= 0.3 is 0 Å². The fraction of sp³-hybridized carbons (Fsp3) is 0.529. The molecule has 0 N–H and O–H groups in total. The summed E-state index contributed by atoms with van der Waals surface area (Å²) >= 11 is 0. The molecule has 0 heterocycles. The SMILES string of the molecule is C=Cc1cc(O[Si](C)(C)C)c(O[Si](C)(C)C)c(O[Si](C)(C)C)c1[Si]. The normalized spacial score (nSPS) is 12.8. The minimum atomic E-state index is -1.84. The van der Waals surface area contributed by atoms with Crippen molar-refractivity contribution in [2.75, 3.05) is 0 Å². The van der Waals surface area contributed by atoms with Gasteiger partial charge in [-0.2, -0.15) is 0 Å². The van der Waals surface area contributed by atoms with Crippen LogP contribution in [0.15, 0.2) is 12.6 Å². The molecule has 0 saturated carbocycles. The van der Waals surface area contributed by atoms with Crippen LogP contribution in [0.4, 0.5) is 0 Å². The van der Waals surface area contributed by atoms with Gasteiger partial charge in [-0.05, 0) is 75.7 Å².